The second-order valence-corrected chi connectivity index (χ2v) is 13.3. The van der Waals surface area contributed by atoms with E-state index in [1.807, 2.05) is 29.7 Å². The van der Waals surface area contributed by atoms with Gasteiger partial charge < -0.3 is 24.9 Å². The van der Waals surface area contributed by atoms with Crippen molar-refractivity contribution in [2.24, 2.45) is 17.8 Å². The Kier molecular flexibility index (Phi) is 9.16. The molecule has 44 heavy (non-hydrogen) atoms. The molecule has 4 aliphatic rings. The van der Waals surface area contributed by atoms with Crippen molar-refractivity contribution < 1.29 is 14.4 Å². The summed E-state index contributed by atoms with van der Waals surface area (Å²) in [5.74, 6) is 2.06. The summed E-state index contributed by atoms with van der Waals surface area (Å²) in [6, 6.07) is 10.4. The molecule has 1 saturated carbocycles. The lowest BCUT2D eigenvalue weighted by molar-refractivity contribution is -0.129. The lowest BCUT2D eigenvalue weighted by atomic mass is 10.0. The lowest BCUT2D eigenvalue weighted by Crippen LogP contribution is -2.48. The second-order valence-electron chi connectivity index (χ2n) is 13.3. The topological polar surface area (TPSA) is 102 Å². The molecule has 1 aliphatic carbocycles. The highest BCUT2D eigenvalue weighted by atomic mass is 16.2. The number of nitrogens with zero attached hydrogens (tertiary/aromatic N) is 6. The number of anilines is 1. The van der Waals surface area contributed by atoms with E-state index in [0.717, 1.165) is 76.2 Å². The van der Waals surface area contributed by atoms with E-state index in [1.165, 1.54) is 5.56 Å². The van der Waals surface area contributed by atoms with E-state index in [0.29, 0.717) is 49.5 Å². The molecule has 10 nitrogen and oxygen atoms in total. The van der Waals surface area contributed by atoms with E-state index in [1.54, 1.807) is 6.92 Å². The third-order valence-corrected chi connectivity index (χ3v) is 10.3. The molecule has 3 aliphatic heterocycles. The highest BCUT2D eigenvalue weighted by Gasteiger charge is 2.42. The largest absolute Gasteiger partial charge is 0.349 e. The Balaban J connectivity index is 1.03. The Morgan fingerprint density at radius 2 is 1.48 bits per heavy atom. The second kappa shape index (κ2) is 13.2. The summed E-state index contributed by atoms with van der Waals surface area (Å²) in [6.45, 7) is 12.5. The number of piperazine rings is 1. The van der Waals surface area contributed by atoms with Crippen LogP contribution in [0.25, 0.3) is 0 Å². The van der Waals surface area contributed by atoms with Gasteiger partial charge in [-0.3, -0.25) is 14.4 Å². The van der Waals surface area contributed by atoms with Gasteiger partial charge in [-0.1, -0.05) is 43.2 Å². The van der Waals surface area contributed by atoms with Crippen molar-refractivity contribution in [3.05, 3.63) is 52.8 Å². The minimum atomic E-state index is 0.0229. The zero-order chi connectivity index (χ0) is 30.8. The van der Waals surface area contributed by atoms with Crippen LogP contribution in [0.4, 0.5) is 5.95 Å². The van der Waals surface area contributed by atoms with Crippen molar-refractivity contribution in [1.29, 1.82) is 0 Å². The van der Waals surface area contributed by atoms with Crippen LogP contribution in [0.5, 0.6) is 0 Å². The number of aryl methyl sites for hydroxylation is 2. The lowest BCUT2D eigenvalue weighted by Gasteiger charge is -2.34. The number of carbonyl (C=O) groups excluding carboxylic acids is 3. The molecule has 3 amide bonds. The first-order chi connectivity index (χ1) is 21.3. The molecule has 2 aromatic rings. The summed E-state index contributed by atoms with van der Waals surface area (Å²) in [5, 5.41) is 3.38. The number of benzene rings is 1. The van der Waals surface area contributed by atoms with Gasteiger partial charge in [0.1, 0.15) is 0 Å². The fourth-order valence-corrected chi connectivity index (χ4v) is 7.76. The smallest absolute Gasteiger partial charge is 0.257 e. The van der Waals surface area contributed by atoms with Gasteiger partial charge in [-0.15, -0.1) is 0 Å². The standard InChI is InChI=1S/C34H47N7O3/c1-23-31(24(2)36-34(35-23)40-17-15-39(16-18-40)25(3)42)33(44)41-21-28-19-38(20-29(28)22-41)14-13-30(26-9-5-4-6-10-26)37-32(43)27-11-7-8-12-27/h4-6,9-10,27-30H,7-8,11-22H2,1-3H3,(H,37,43). The maximum absolute atomic E-state index is 13.7. The minimum absolute atomic E-state index is 0.0229. The van der Waals surface area contributed by atoms with Gasteiger partial charge in [-0.25, -0.2) is 9.97 Å². The molecule has 3 saturated heterocycles. The van der Waals surface area contributed by atoms with Crippen molar-refractivity contribution in [3.8, 4) is 0 Å². The van der Waals surface area contributed by atoms with Gasteiger partial charge in [-0.2, -0.15) is 0 Å². The van der Waals surface area contributed by atoms with E-state index >= 15 is 0 Å². The molecular formula is C34H47N7O3. The maximum atomic E-state index is 13.7. The van der Waals surface area contributed by atoms with Gasteiger partial charge in [0, 0.05) is 71.7 Å². The highest BCUT2D eigenvalue weighted by Crippen LogP contribution is 2.34. The molecule has 0 spiro atoms. The SMILES string of the molecule is CC(=O)N1CCN(c2nc(C)c(C(=O)N3CC4CN(CCC(NC(=O)C5CCCC5)c5ccccc5)CC4C3)c(C)n2)CC1. The van der Waals surface area contributed by atoms with Gasteiger partial charge in [0.25, 0.3) is 5.91 Å². The number of aromatic nitrogens is 2. The summed E-state index contributed by atoms with van der Waals surface area (Å²) in [6.07, 6.45) is 5.21. The molecule has 0 radical (unpaired) electrons. The number of hydrogen-bond donors (Lipinski definition) is 1. The Bertz CT molecular complexity index is 1320. The molecule has 1 N–H and O–H groups in total. The van der Waals surface area contributed by atoms with Crippen LogP contribution in [0.2, 0.25) is 0 Å². The van der Waals surface area contributed by atoms with Crippen molar-refractivity contribution >= 4 is 23.7 Å². The number of likely N-dealkylation sites (tertiary alicyclic amines) is 2. The van der Waals surface area contributed by atoms with Crippen LogP contribution in [-0.4, -0.2) is 101 Å². The van der Waals surface area contributed by atoms with E-state index in [-0.39, 0.29) is 29.7 Å². The average molecular weight is 602 g/mol. The first kappa shape index (κ1) is 30.5. The van der Waals surface area contributed by atoms with Crippen LogP contribution >= 0.6 is 0 Å². The first-order valence-corrected chi connectivity index (χ1v) is 16.5. The molecule has 1 aromatic heterocycles. The molecule has 3 atom stereocenters. The average Bonchev–Trinajstić information content (AvgIpc) is 3.77. The number of carbonyl (C=O) groups is 3. The Morgan fingerprint density at radius 3 is 2.07 bits per heavy atom. The number of amides is 3. The van der Waals surface area contributed by atoms with Gasteiger partial charge >= 0.3 is 0 Å². The van der Waals surface area contributed by atoms with Crippen LogP contribution in [0.15, 0.2) is 30.3 Å². The number of hydrogen-bond acceptors (Lipinski definition) is 7. The third kappa shape index (κ3) is 6.60. The van der Waals surface area contributed by atoms with Crippen molar-refractivity contribution in [2.45, 2.75) is 58.9 Å². The van der Waals surface area contributed by atoms with E-state index in [4.69, 9.17) is 9.97 Å². The Hall–Kier alpha value is -3.53. The van der Waals surface area contributed by atoms with Gasteiger partial charge in [0.2, 0.25) is 17.8 Å². The number of fused-ring (bicyclic) bond motifs is 1. The fraction of sp³-hybridized carbons (Fsp3) is 0.618. The summed E-state index contributed by atoms with van der Waals surface area (Å²) in [4.78, 5) is 56.4. The summed E-state index contributed by atoms with van der Waals surface area (Å²) < 4.78 is 0. The first-order valence-electron chi connectivity index (χ1n) is 16.5. The maximum Gasteiger partial charge on any atom is 0.257 e. The molecule has 4 fully saturated rings. The van der Waals surface area contributed by atoms with E-state index in [9.17, 15) is 14.4 Å². The monoisotopic (exact) mass is 601 g/mol. The van der Waals surface area contributed by atoms with Crippen molar-refractivity contribution in [1.82, 2.24) is 30.0 Å². The van der Waals surface area contributed by atoms with Gasteiger partial charge in [-0.05, 0) is 50.5 Å². The summed E-state index contributed by atoms with van der Waals surface area (Å²) in [5.41, 5.74) is 3.23. The van der Waals surface area contributed by atoms with Crippen LogP contribution in [-0.2, 0) is 9.59 Å². The fourth-order valence-electron chi connectivity index (χ4n) is 7.76. The summed E-state index contributed by atoms with van der Waals surface area (Å²) in [7, 11) is 0. The molecule has 236 valence electrons. The molecular weight excluding hydrogens is 554 g/mol. The third-order valence-electron chi connectivity index (χ3n) is 10.3. The van der Waals surface area contributed by atoms with Crippen LogP contribution in [0.3, 0.4) is 0 Å². The molecule has 4 heterocycles. The number of rotatable bonds is 8. The van der Waals surface area contributed by atoms with Gasteiger partial charge in [0.05, 0.1) is 23.0 Å². The zero-order valence-corrected chi connectivity index (χ0v) is 26.5. The quantitative estimate of drug-likeness (QED) is 0.496. The van der Waals surface area contributed by atoms with Crippen LogP contribution in [0.1, 0.15) is 72.4 Å². The zero-order valence-electron chi connectivity index (χ0n) is 26.5. The predicted octanol–water partition coefficient (Wildman–Crippen LogP) is 3.20. The molecule has 3 unspecified atom stereocenters. The molecule has 10 heteroatoms. The summed E-state index contributed by atoms with van der Waals surface area (Å²) >= 11 is 0. The normalized spacial score (nSPS) is 23.2. The van der Waals surface area contributed by atoms with Crippen molar-refractivity contribution in [3.63, 3.8) is 0 Å². The van der Waals surface area contributed by atoms with Crippen LogP contribution in [0, 0.1) is 31.6 Å². The molecule has 6 rings (SSSR count). The van der Waals surface area contributed by atoms with E-state index < -0.39 is 0 Å². The Morgan fingerprint density at radius 1 is 0.864 bits per heavy atom. The number of nitrogens with one attached hydrogen (secondary N) is 1. The van der Waals surface area contributed by atoms with Crippen molar-refractivity contribution in [2.75, 3.05) is 63.8 Å². The minimum Gasteiger partial charge on any atom is -0.349 e. The Labute approximate surface area is 261 Å². The molecule has 0 bridgehead atoms. The molecule has 1 aromatic carbocycles. The van der Waals surface area contributed by atoms with Crippen LogP contribution < -0.4 is 10.2 Å². The highest BCUT2D eigenvalue weighted by molar-refractivity contribution is 5.96. The predicted molar refractivity (Wildman–Crippen MR) is 169 cm³/mol. The van der Waals surface area contributed by atoms with E-state index in [2.05, 4.69) is 39.4 Å². The van der Waals surface area contributed by atoms with Gasteiger partial charge in [0.15, 0.2) is 0 Å².